The first-order valence-corrected chi connectivity index (χ1v) is 12.8. The van der Waals surface area contributed by atoms with E-state index < -0.39 is 0 Å². The minimum absolute atomic E-state index is 0.0665. The van der Waals surface area contributed by atoms with Crippen LogP contribution in [0.25, 0.3) is 0 Å². The van der Waals surface area contributed by atoms with Crippen molar-refractivity contribution in [3.8, 4) is 6.07 Å². The van der Waals surface area contributed by atoms with Crippen LogP contribution in [0.5, 0.6) is 0 Å². The van der Waals surface area contributed by atoms with E-state index in [0.717, 1.165) is 57.0 Å². The molecule has 0 amide bonds. The highest BCUT2D eigenvalue weighted by Gasteiger charge is 2.50. The summed E-state index contributed by atoms with van der Waals surface area (Å²) in [7, 11) is 4.08. The highest BCUT2D eigenvalue weighted by molar-refractivity contribution is 7.16. The van der Waals surface area contributed by atoms with Crippen molar-refractivity contribution in [1.29, 1.82) is 5.26 Å². The van der Waals surface area contributed by atoms with Gasteiger partial charge in [-0.2, -0.15) is 5.26 Å². The molecule has 1 aromatic rings. The Labute approximate surface area is 197 Å². The molecule has 3 aliphatic rings. The van der Waals surface area contributed by atoms with Crippen molar-refractivity contribution in [1.82, 2.24) is 14.7 Å². The molecule has 0 atom stereocenters. The Hall–Kier alpha value is -2.20. The van der Waals surface area contributed by atoms with E-state index in [1.54, 1.807) is 11.3 Å². The minimum Gasteiger partial charge on any atom is -0.389 e. The predicted molar refractivity (Wildman–Crippen MR) is 134 cm³/mol. The maximum Gasteiger partial charge on any atom is 0.126 e. The van der Waals surface area contributed by atoms with Crippen molar-refractivity contribution in [3.05, 3.63) is 27.9 Å². The first-order valence-electron chi connectivity index (χ1n) is 11.9. The Kier molecular flexibility index (Phi) is 6.19. The number of anilines is 1. The summed E-state index contributed by atoms with van der Waals surface area (Å²) in [6, 6.07) is 2.41. The Morgan fingerprint density at radius 1 is 1.25 bits per heavy atom. The Morgan fingerprint density at radius 3 is 2.62 bits per heavy atom. The lowest BCUT2D eigenvalue weighted by Crippen LogP contribution is -2.61. The predicted octanol–water partition coefficient (Wildman–Crippen LogP) is 4.04. The monoisotopic (exact) mass is 454 g/mol. The molecular weight excluding hydrogens is 416 g/mol. The molecule has 7 heteroatoms. The summed E-state index contributed by atoms with van der Waals surface area (Å²) in [6.07, 6.45) is 8.15. The van der Waals surface area contributed by atoms with E-state index in [1.165, 1.54) is 35.5 Å². The fraction of sp³-hybridized carbons (Fsp3) is 0.680. The molecule has 32 heavy (non-hydrogen) atoms. The maximum absolute atomic E-state index is 9.78. The second kappa shape index (κ2) is 8.62. The summed E-state index contributed by atoms with van der Waals surface area (Å²) in [5.74, 6) is 2.31. The molecule has 6 nitrogen and oxygen atoms in total. The second-order valence-electron chi connectivity index (χ2n) is 10.5. The van der Waals surface area contributed by atoms with Gasteiger partial charge in [-0.3, -0.25) is 4.99 Å². The van der Waals surface area contributed by atoms with Crippen LogP contribution >= 0.6 is 11.3 Å². The van der Waals surface area contributed by atoms with E-state index in [1.807, 2.05) is 7.05 Å². The summed E-state index contributed by atoms with van der Waals surface area (Å²) in [5, 5.41) is 10.5. The number of aryl methyl sites for hydroxylation is 1. The number of likely N-dealkylation sites (tertiary alicyclic amines) is 2. The van der Waals surface area contributed by atoms with Gasteiger partial charge in [-0.05, 0) is 50.0 Å². The van der Waals surface area contributed by atoms with E-state index in [4.69, 9.17) is 10.7 Å². The van der Waals surface area contributed by atoms with Gasteiger partial charge in [0.05, 0.1) is 5.56 Å². The topological polar surface area (TPSA) is 71.9 Å². The third-order valence-electron chi connectivity index (χ3n) is 7.60. The van der Waals surface area contributed by atoms with Gasteiger partial charge in [0.1, 0.15) is 22.7 Å². The third kappa shape index (κ3) is 3.98. The zero-order valence-electron chi connectivity index (χ0n) is 20.4. The van der Waals surface area contributed by atoms with Crippen molar-refractivity contribution < 1.29 is 0 Å². The van der Waals surface area contributed by atoms with E-state index >= 15 is 0 Å². The van der Waals surface area contributed by atoms with E-state index in [-0.39, 0.29) is 5.41 Å². The molecule has 2 saturated heterocycles. The molecule has 3 heterocycles. The van der Waals surface area contributed by atoms with Gasteiger partial charge in [-0.25, -0.2) is 0 Å². The zero-order valence-corrected chi connectivity index (χ0v) is 21.2. The van der Waals surface area contributed by atoms with Crippen molar-refractivity contribution >= 4 is 22.2 Å². The van der Waals surface area contributed by atoms with E-state index in [9.17, 15) is 5.26 Å². The SMILES string of the molecule is CCN(C)/C(=C\C(=NC)N1CCCC(C)(C)C1)N1CC2(CCCc3sc(N)c(C#N)c32)C1. The van der Waals surface area contributed by atoms with Crippen LogP contribution in [-0.2, 0) is 11.8 Å². The fourth-order valence-electron chi connectivity index (χ4n) is 5.86. The number of rotatable bonds is 4. The van der Waals surface area contributed by atoms with E-state index in [2.05, 4.69) is 54.7 Å². The molecule has 2 N–H and O–H groups in total. The van der Waals surface area contributed by atoms with Gasteiger partial charge in [0.2, 0.25) is 0 Å². The first-order chi connectivity index (χ1) is 15.2. The maximum atomic E-state index is 9.78. The van der Waals surface area contributed by atoms with Gasteiger partial charge < -0.3 is 20.4 Å². The average molecular weight is 455 g/mol. The lowest BCUT2D eigenvalue weighted by atomic mass is 9.66. The summed E-state index contributed by atoms with van der Waals surface area (Å²) < 4.78 is 0. The van der Waals surface area contributed by atoms with Crippen LogP contribution in [0.4, 0.5) is 5.00 Å². The number of aliphatic imine (C=N–C) groups is 1. The van der Waals surface area contributed by atoms with Gasteiger partial charge >= 0.3 is 0 Å². The number of nitriles is 1. The number of fused-ring (bicyclic) bond motifs is 2. The standard InChI is InChI=1S/C25H38N6S/c1-6-29(5)21(13-20(28-4)30-12-8-10-24(2,3)15-30)31-16-25(17-31)11-7-9-19-22(25)18(14-26)23(27)32-19/h13H,6-12,15-17,27H2,1-5H3/b21-13+,28-20?. The van der Waals surface area contributed by atoms with Crippen LogP contribution in [0.1, 0.15) is 62.5 Å². The van der Waals surface area contributed by atoms with Crippen LogP contribution in [0.15, 0.2) is 16.9 Å². The van der Waals surface area contributed by atoms with Crippen LogP contribution in [0.3, 0.4) is 0 Å². The van der Waals surface area contributed by atoms with Gasteiger partial charge in [0.15, 0.2) is 0 Å². The number of nitrogens with two attached hydrogens (primary N) is 1. The quantitative estimate of drug-likeness (QED) is 0.549. The third-order valence-corrected chi connectivity index (χ3v) is 8.68. The van der Waals surface area contributed by atoms with Gasteiger partial charge in [0.25, 0.3) is 0 Å². The number of hydrogen-bond donors (Lipinski definition) is 1. The molecule has 1 aromatic heterocycles. The van der Waals surface area contributed by atoms with Gasteiger partial charge in [-0.15, -0.1) is 11.3 Å². The van der Waals surface area contributed by atoms with Crippen molar-refractivity contribution in [2.24, 2.45) is 10.4 Å². The molecule has 1 spiro atoms. The molecule has 4 rings (SSSR count). The fourth-order valence-corrected chi connectivity index (χ4v) is 7.04. The number of nitrogen functional groups attached to an aromatic ring is 1. The molecule has 2 aliphatic heterocycles. The van der Waals surface area contributed by atoms with Gasteiger partial charge in [0, 0.05) is 63.2 Å². The molecular formula is C25H38N6S. The zero-order chi connectivity index (χ0) is 23.1. The minimum atomic E-state index is 0.0665. The molecule has 1 aliphatic carbocycles. The van der Waals surface area contributed by atoms with Crippen LogP contribution in [0, 0.1) is 16.7 Å². The number of amidine groups is 1. The van der Waals surface area contributed by atoms with Crippen LogP contribution < -0.4 is 5.73 Å². The smallest absolute Gasteiger partial charge is 0.126 e. The molecule has 0 aromatic carbocycles. The number of nitrogens with zero attached hydrogens (tertiary/aromatic N) is 5. The molecule has 0 unspecified atom stereocenters. The highest BCUT2D eigenvalue weighted by atomic mass is 32.1. The first kappa shape index (κ1) is 23.0. The lowest BCUT2D eigenvalue weighted by molar-refractivity contribution is 0.0565. The second-order valence-corrected chi connectivity index (χ2v) is 11.7. The summed E-state index contributed by atoms with van der Waals surface area (Å²) in [6.45, 7) is 11.9. The highest BCUT2D eigenvalue weighted by Crippen LogP contribution is 2.51. The summed E-state index contributed by atoms with van der Waals surface area (Å²) >= 11 is 1.63. The normalized spacial score (nSPS) is 22.4. The Bertz CT molecular complexity index is 960. The van der Waals surface area contributed by atoms with Crippen LogP contribution in [-0.4, -0.2) is 67.4 Å². The Morgan fingerprint density at radius 2 is 2.00 bits per heavy atom. The number of thiophene rings is 1. The van der Waals surface area contributed by atoms with Gasteiger partial charge in [-0.1, -0.05) is 13.8 Å². The van der Waals surface area contributed by atoms with Crippen molar-refractivity contribution in [3.63, 3.8) is 0 Å². The molecule has 2 fully saturated rings. The van der Waals surface area contributed by atoms with E-state index in [0.29, 0.717) is 10.4 Å². The Balaban J connectivity index is 1.60. The summed E-state index contributed by atoms with van der Waals surface area (Å²) in [5.41, 5.74) is 8.61. The number of piperidine rings is 1. The average Bonchev–Trinajstić information content (AvgIpc) is 3.07. The lowest BCUT2D eigenvalue weighted by Gasteiger charge is -2.55. The number of hydrogen-bond acceptors (Lipinski definition) is 6. The van der Waals surface area contributed by atoms with Crippen molar-refractivity contribution in [2.75, 3.05) is 52.6 Å². The molecule has 0 radical (unpaired) electrons. The largest absolute Gasteiger partial charge is 0.389 e. The molecule has 174 valence electrons. The molecule has 0 saturated carbocycles. The molecule has 0 bridgehead atoms. The summed E-state index contributed by atoms with van der Waals surface area (Å²) in [4.78, 5) is 13.3. The van der Waals surface area contributed by atoms with Crippen LogP contribution in [0.2, 0.25) is 0 Å². The van der Waals surface area contributed by atoms with Crippen molar-refractivity contribution in [2.45, 2.75) is 58.3 Å².